The molecule has 3 amide bonds. The van der Waals surface area contributed by atoms with Gasteiger partial charge < -0.3 is 20.3 Å². The lowest BCUT2D eigenvalue weighted by Gasteiger charge is -2.32. The fraction of sp³-hybridized carbons (Fsp3) is 0.318. The Balaban J connectivity index is 1.46. The Kier molecular flexibility index (Phi) is 6.84. The van der Waals surface area contributed by atoms with E-state index >= 15 is 0 Å². The Labute approximate surface area is 170 Å². The number of anilines is 1. The zero-order valence-electron chi connectivity index (χ0n) is 16.4. The summed E-state index contributed by atoms with van der Waals surface area (Å²) in [7, 11) is 0. The van der Waals surface area contributed by atoms with Crippen molar-refractivity contribution in [3.8, 4) is 0 Å². The van der Waals surface area contributed by atoms with E-state index in [9.17, 15) is 14.4 Å². The van der Waals surface area contributed by atoms with Crippen molar-refractivity contribution in [2.45, 2.75) is 25.8 Å². The van der Waals surface area contributed by atoms with Gasteiger partial charge in [0.25, 0.3) is 5.91 Å². The summed E-state index contributed by atoms with van der Waals surface area (Å²) in [6.07, 6.45) is 1.40. The average molecular weight is 395 g/mol. The molecule has 2 aromatic rings. The molecule has 29 heavy (non-hydrogen) atoms. The summed E-state index contributed by atoms with van der Waals surface area (Å²) in [5.74, 6) is -0.472. The number of carbonyl (C=O) groups is 3. The molecule has 3 rings (SSSR count). The highest BCUT2D eigenvalue weighted by Crippen LogP contribution is 2.15. The number of esters is 1. The minimum Gasteiger partial charge on any atom is -0.462 e. The number of nitrogens with one attached hydrogen (secondary N) is 2. The van der Waals surface area contributed by atoms with Gasteiger partial charge in [0.15, 0.2) is 0 Å². The molecule has 0 aliphatic carbocycles. The number of carbonyl (C=O) groups excluding carboxylic acids is 3. The number of hydrogen-bond donors (Lipinski definition) is 2. The number of nitrogens with zero attached hydrogens (tertiary/aromatic N) is 1. The normalized spacial score (nSPS) is 14.2. The van der Waals surface area contributed by atoms with E-state index in [1.54, 1.807) is 48.2 Å². The van der Waals surface area contributed by atoms with E-state index in [1.165, 1.54) is 0 Å². The largest absolute Gasteiger partial charge is 0.462 e. The summed E-state index contributed by atoms with van der Waals surface area (Å²) < 4.78 is 4.95. The summed E-state index contributed by atoms with van der Waals surface area (Å²) >= 11 is 0. The highest BCUT2D eigenvalue weighted by atomic mass is 16.5. The van der Waals surface area contributed by atoms with Crippen LogP contribution < -0.4 is 10.6 Å². The second-order valence-corrected chi connectivity index (χ2v) is 6.83. The topological polar surface area (TPSA) is 87.7 Å². The smallest absolute Gasteiger partial charge is 0.338 e. The molecule has 7 nitrogen and oxygen atoms in total. The molecule has 0 aromatic heterocycles. The van der Waals surface area contributed by atoms with Crippen molar-refractivity contribution in [3.63, 3.8) is 0 Å². The third-order valence-electron chi connectivity index (χ3n) is 4.80. The SMILES string of the molecule is CCOC(=O)c1ccc(NC(=O)N2CCC(NC(=O)c3ccccc3)CC2)cc1. The Morgan fingerprint density at radius 2 is 1.62 bits per heavy atom. The van der Waals surface area contributed by atoms with Crippen LogP contribution in [-0.4, -0.2) is 48.5 Å². The molecular weight excluding hydrogens is 370 g/mol. The minimum absolute atomic E-state index is 0.0515. The molecule has 1 saturated heterocycles. The molecule has 0 saturated carbocycles. The van der Waals surface area contributed by atoms with Crippen LogP contribution in [0, 0.1) is 0 Å². The standard InChI is InChI=1S/C22H25N3O4/c1-2-29-21(27)17-8-10-18(11-9-17)24-22(28)25-14-12-19(13-15-25)23-20(26)16-6-4-3-5-7-16/h3-11,19H,2,12-15H2,1H3,(H,23,26)(H,24,28). The lowest BCUT2D eigenvalue weighted by atomic mass is 10.0. The summed E-state index contributed by atoms with van der Waals surface area (Å²) in [4.78, 5) is 38.1. The summed E-state index contributed by atoms with van der Waals surface area (Å²) in [6.45, 7) is 3.20. The van der Waals surface area contributed by atoms with Gasteiger partial charge in [-0.25, -0.2) is 9.59 Å². The van der Waals surface area contributed by atoms with Crippen molar-refractivity contribution >= 4 is 23.6 Å². The average Bonchev–Trinajstić information content (AvgIpc) is 2.75. The monoisotopic (exact) mass is 395 g/mol. The minimum atomic E-state index is -0.384. The van der Waals surface area contributed by atoms with Gasteiger partial charge in [0, 0.05) is 30.4 Å². The lowest BCUT2D eigenvalue weighted by Crippen LogP contribution is -2.47. The number of urea groups is 1. The van der Waals surface area contributed by atoms with Gasteiger partial charge in [0.05, 0.1) is 12.2 Å². The van der Waals surface area contributed by atoms with Crippen LogP contribution in [0.3, 0.4) is 0 Å². The Hall–Kier alpha value is -3.35. The Bertz CT molecular complexity index is 844. The van der Waals surface area contributed by atoms with Crippen LogP contribution >= 0.6 is 0 Å². The van der Waals surface area contributed by atoms with Crippen molar-refractivity contribution in [1.82, 2.24) is 10.2 Å². The van der Waals surface area contributed by atoms with Gasteiger partial charge in [-0.05, 0) is 56.2 Å². The summed E-state index contributed by atoms with van der Waals surface area (Å²) in [6, 6.07) is 15.6. The van der Waals surface area contributed by atoms with E-state index < -0.39 is 0 Å². The second kappa shape index (κ2) is 9.73. The first-order valence-electron chi connectivity index (χ1n) is 9.76. The maximum absolute atomic E-state index is 12.5. The molecule has 2 aromatic carbocycles. The number of hydrogen-bond acceptors (Lipinski definition) is 4. The zero-order valence-corrected chi connectivity index (χ0v) is 16.4. The van der Waals surface area contributed by atoms with Crippen LogP contribution in [0.15, 0.2) is 54.6 Å². The molecule has 1 aliphatic heterocycles. The predicted octanol–water partition coefficient (Wildman–Crippen LogP) is 3.29. The number of likely N-dealkylation sites (tertiary alicyclic amines) is 1. The molecule has 0 unspecified atom stereocenters. The molecule has 152 valence electrons. The van der Waals surface area contributed by atoms with Gasteiger partial charge in [-0.3, -0.25) is 4.79 Å². The number of amides is 3. The highest BCUT2D eigenvalue weighted by Gasteiger charge is 2.24. The van der Waals surface area contributed by atoms with E-state index in [1.807, 2.05) is 18.2 Å². The first-order chi connectivity index (χ1) is 14.1. The number of benzene rings is 2. The molecule has 0 spiro atoms. The van der Waals surface area contributed by atoms with Gasteiger partial charge in [-0.15, -0.1) is 0 Å². The van der Waals surface area contributed by atoms with Gasteiger partial charge in [0.1, 0.15) is 0 Å². The van der Waals surface area contributed by atoms with Crippen LogP contribution in [0.5, 0.6) is 0 Å². The van der Waals surface area contributed by atoms with E-state index in [0.717, 1.165) is 0 Å². The molecule has 0 radical (unpaired) electrons. The Morgan fingerprint density at radius 1 is 0.966 bits per heavy atom. The van der Waals surface area contributed by atoms with Crippen LogP contribution in [0.2, 0.25) is 0 Å². The molecule has 2 N–H and O–H groups in total. The molecule has 0 atom stereocenters. The molecular formula is C22H25N3O4. The van der Waals surface area contributed by atoms with Gasteiger partial charge >= 0.3 is 12.0 Å². The van der Waals surface area contributed by atoms with Gasteiger partial charge in [-0.1, -0.05) is 18.2 Å². The third-order valence-corrected chi connectivity index (χ3v) is 4.80. The number of rotatable bonds is 5. The molecule has 7 heteroatoms. The van der Waals surface area contributed by atoms with E-state index in [2.05, 4.69) is 10.6 Å². The van der Waals surface area contributed by atoms with Crippen LogP contribution in [-0.2, 0) is 4.74 Å². The summed E-state index contributed by atoms with van der Waals surface area (Å²) in [5.41, 5.74) is 1.70. The maximum Gasteiger partial charge on any atom is 0.338 e. The van der Waals surface area contributed by atoms with Crippen molar-refractivity contribution in [2.24, 2.45) is 0 Å². The fourth-order valence-electron chi connectivity index (χ4n) is 3.19. The first-order valence-corrected chi connectivity index (χ1v) is 9.76. The predicted molar refractivity (Wildman–Crippen MR) is 110 cm³/mol. The number of ether oxygens (including phenoxy) is 1. The first kappa shape index (κ1) is 20.4. The molecule has 1 heterocycles. The third kappa shape index (κ3) is 5.57. The second-order valence-electron chi connectivity index (χ2n) is 6.83. The summed E-state index contributed by atoms with van der Waals surface area (Å²) in [5, 5.41) is 5.87. The van der Waals surface area contributed by atoms with Gasteiger partial charge in [0.2, 0.25) is 0 Å². The molecule has 0 bridgehead atoms. The van der Waals surface area contributed by atoms with Crippen molar-refractivity contribution in [1.29, 1.82) is 0 Å². The van der Waals surface area contributed by atoms with Crippen molar-refractivity contribution < 1.29 is 19.1 Å². The maximum atomic E-state index is 12.5. The lowest BCUT2D eigenvalue weighted by molar-refractivity contribution is 0.0526. The van der Waals surface area contributed by atoms with Crippen molar-refractivity contribution in [3.05, 3.63) is 65.7 Å². The van der Waals surface area contributed by atoms with Crippen LogP contribution in [0.1, 0.15) is 40.5 Å². The molecule has 1 aliphatic rings. The molecule has 1 fully saturated rings. The van der Waals surface area contributed by atoms with Crippen molar-refractivity contribution in [2.75, 3.05) is 25.0 Å². The zero-order chi connectivity index (χ0) is 20.6. The van der Waals surface area contributed by atoms with Crippen LogP contribution in [0.4, 0.5) is 10.5 Å². The van der Waals surface area contributed by atoms with E-state index in [0.29, 0.717) is 49.4 Å². The van der Waals surface area contributed by atoms with E-state index in [4.69, 9.17) is 4.74 Å². The number of piperidine rings is 1. The van der Waals surface area contributed by atoms with Gasteiger partial charge in [-0.2, -0.15) is 0 Å². The van der Waals surface area contributed by atoms with E-state index in [-0.39, 0.29) is 23.9 Å². The fourth-order valence-corrected chi connectivity index (χ4v) is 3.19. The van der Waals surface area contributed by atoms with Crippen LogP contribution in [0.25, 0.3) is 0 Å². The highest BCUT2D eigenvalue weighted by molar-refractivity contribution is 5.94. The Morgan fingerprint density at radius 3 is 2.24 bits per heavy atom. The quantitative estimate of drug-likeness (QED) is 0.761.